The molecule has 1 aromatic carbocycles. The summed E-state index contributed by atoms with van der Waals surface area (Å²) in [6.45, 7) is 3.54. The highest BCUT2D eigenvalue weighted by atomic mass is 19.4. The van der Waals surface area contributed by atoms with Crippen molar-refractivity contribution in [2.75, 3.05) is 0 Å². The molecule has 9 heteroatoms. The fourth-order valence-corrected chi connectivity index (χ4v) is 2.37. The summed E-state index contributed by atoms with van der Waals surface area (Å²) in [6.07, 6.45) is -4.76. The number of nitrogens with one attached hydrogen (secondary N) is 2. The van der Waals surface area contributed by atoms with Crippen LogP contribution >= 0.6 is 0 Å². The quantitative estimate of drug-likeness (QED) is 0.771. The minimum Gasteiger partial charge on any atom is -0.406 e. The second-order valence-corrected chi connectivity index (χ2v) is 5.23. The Labute approximate surface area is 133 Å². The van der Waals surface area contributed by atoms with Gasteiger partial charge in [0.15, 0.2) is 0 Å². The van der Waals surface area contributed by atoms with E-state index in [9.17, 15) is 18.0 Å². The van der Waals surface area contributed by atoms with Crippen molar-refractivity contribution in [1.29, 1.82) is 0 Å². The Morgan fingerprint density at radius 3 is 2.38 bits per heavy atom. The van der Waals surface area contributed by atoms with Gasteiger partial charge in [-0.2, -0.15) is 5.10 Å². The van der Waals surface area contributed by atoms with Gasteiger partial charge in [-0.3, -0.25) is 15.0 Å². The molecule has 0 aliphatic rings. The Hall–Kier alpha value is -2.97. The summed E-state index contributed by atoms with van der Waals surface area (Å²) < 4.78 is 41.6. The van der Waals surface area contributed by atoms with Gasteiger partial charge in [-0.15, -0.1) is 13.2 Å². The number of benzene rings is 1. The lowest BCUT2D eigenvalue weighted by atomic mass is 10.2. The van der Waals surface area contributed by atoms with Gasteiger partial charge in [0.05, 0.1) is 16.9 Å². The third-order valence-corrected chi connectivity index (χ3v) is 3.36. The zero-order valence-corrected chi connectivity index (χ0v) is 12.7. The first-order valence-corrected chi connectivity index (χ1v) is 6.95. The second kappa shape index (κ2) is 5.59. The molecule has 0 unspecified atom stereocenters. The summed E-state index contributed by atoms with van der Waals surface area (Å²) in [5, 5.41) is 9.72. The highest BCUT2D eigenvalue weighted by molar-refractivity contribution is 5.61. The number of nitrogens with zero attached hydrogens (tertiary/aromatic N) is 2. The largest absolute Gasteiger partial charge is 0.573 e. The lowest BCUT2D eigenvalue weighted by molar-refractivity contribution is -0.274. The molecule has 0 spiro atoms. The predicted octanol–water partition coefficient (Wildman–Crippen LogP) is 3.07. The van der Waals surface area contributed by atoms with Gasteiger partial charge in [-0.1, -0.05) is 0 Å². The number of ether oxygens (including phenoxy) is 1. The average Bonchev–Trinajstić information content (AvgIpc) is 3.02. The SMILES string of the molecule is Cc1cc(-c2c(C)[nH]n(-c3ccc(OC(F)(F)F)cc3)c2=O)n[nH]1. The Bertz CT molecular complexity index is 920. The van der Waals surface area contributed by atoms with Gasteiger partial charge in [0.2, 0.25) is 0 Å². The molecule has 0 aliphatic carbocycles. The Kier molecular flexibility index (Phi) is 3.70. The van der Waals surface area contributed by atoms with E-state index in [0.29, 0.717) is 22.6 Å². The number of rotatable bonds is 3. The average molecular weight is 338 g/mol. The van der Waals surface area contributed by atoms with Crippen molar-refractivity contribution in [3.63, 3.8) is 0 Å². The van der Waals surface area contributed by atoms with Crippen LogP contribution in [0.4, 0.5) is 13.2 Å². The first-order chi connectivity index (χ1) is 11.2. The van der Waals surface area contributed by atoms with Gasteiger partial charge >= 0.3 is 6.36 Å². The van der Waals surface area contributed by atoms with Crippen molar-refractivity contribution in [1.82, 2.24) is 20.0 Å². The number of aromatic amines is 2. The van der Waals surface area contributed by atoms with Crippen LogP contribution in [0.15, 0.2) is 35.1 Å². The van der Waals surface area contributed by atoms with Crippen LogP contribution in [0.2, 0.25) is 0 Å². The molecule has 24 heavy (non-hydrogen) atoms. The smallest absolute Gasteiger partial charge is 0.406 e. The van der Waals surface area contributed by atoms with Gasteiger partial charge in [-0.25, -0.2) is 4.68 Å². The molecular weight excluding hydrogens is 325 g/mol. The van der Waals surface area contributed by atoms with Crippen LogP contribution in [0, 0.1) is 13.8 Å². The fraction of sp³-hybridized carbons (Fsp3) is 0.200. The molecule has 0 amide bonds. The lowest BCUT2D eigenvalue weighted by Crippen LogP contribution is -2.18. The normalized spacial score (nSPS) is 11.7. The van der Waals surface area contributed by atoms with Crippen LogP contribution < -0.4 is 10.3 Å². The van der Waals surface area contributed by atoms with Crippen molar-refractivity contribution < 1.29 is 17.9 Å². The molecule has 2 N–H and O–H groups in total. The van der Waals surface area contributed by atoms with Gasteiger partial charge in [0, 0.05) is 11.4 Å². The summed E-state index contributed by atoms with van der Waals surface area (Å²) >= 11 is 0. The van der Waals surface area contributed by atoms with Crippen molar-refractivity contribution >= 4 is 0 Å². The van der Waals surface area contributed by atoms with Crippen LogP contribution in [0.5, 0.6) is 5.75 Å². The van der Waals surface area contributed by atoms with E-state index in [-0.39, 0.29) is 11.3 Å². The van der Waals surface area contributed by atoms with Gasteiger partial charge in [0.25, 0.3) is 5.56 Å². The van der Waals surface area contributed by atoms with Crippen LogP contribution in [0.25, 0.3) is 16.9 Å². The molecule has 0 saturated heterocycles. The molecule has 3 aromatic rings. The first kappa shape index (κ1) is 15.9. The molecule has 2 heterocycles. The molecule has 0 bridgehead atoms. The van der Waals surface area contributed by atoms with Crippen molar-refractivity contribution in [3.8, 4) is 22.7 Å². The monoisotopic (exact) mass is 338 g/mol. The van der Waals surface area contributed by atoms with Crippen LogP contribution in [0.3, 0.4) is 0 Å². The maximum absolute atomic E-state index is 12.6. The summed E-state index contributed by atoms with van der Waals surface area (Å²) in [5.41, 5.74) is 2.35. The predicted molar refractivity (Wildman–Crippen MR) is 80.1 cm³/mol. The van der Waals surface area contributed by atoms with E-state index in [1.54, 1.807) is 13.0 Å². The number of aryl methyl sites for hydroxylation is 2. The second-order valence-electron chi connectivity index (χ2n) is 5.23. The summed E-state index contributed by atoms with van der Waals surface area (Å²) in [6, 6.07) is 6.74. The van der Waals surface area contributed by atoms with E-state index in [1.807, 2.05) is 6.92 Å². The Balaban J connectivity index is 1.98. The van der Waals surface area contributed by atoms with Crippen LogP contribution in [0.1, 0.15) is 11.4 Å². The molecule has 3 rings (SSSR count). The fourth-order valence-electron chi connectivity index (χ4n) is 2.37. The van der Waals surface area contributed by atoms with E-state index in [1.165, 1.54) is 16.8 Å². The van der Waals surface area contributed by atoms with E-state index in [0.717, 1.165) is 17.8 Å². The topological polar surface area (TPSA) is 75.7 Å². The van der Waals surface area contributed by atoms with Gasteiger partial charge < -0.3 is 4.74 Å². The number of aromatic nitrogens is 4. The minimum absolute atomic E-state index is 0.344. The number of H-pyrrole nitrogens is 2. The maximum atomic E-state index is 12.6. The van der Waals surface area contributed by atoms with Crippen molar-refractivity contribution in [2.24, 2.45) is 0 Å². The van der Waals surface area contributed by atoms with Gasteiger partial charge in [-0.05, 0) is 44.2 Å². The summed E-state index contributed by atoms with van der Waals surface area (Å²) in [4.78, 5) is 12.6. The van der Waals surface area contributed by atoms with E-state index in [4.69, 9.17) is 0 Å². The molecular formula is C15H13F3N4O2. The molecule has 126 valence electrons. The Morgan fingerprint density at radius 1 is 1.17 bits per heavy atom. The number of alkyl halides is 3. The highest BCUT2D eigenvalue weighted by Gasteiger charge is 2.31. The van der Waals surface area contributed by atoms with Crippen LogP contribution in [-0.2, 0) is 0 Å². The molecule has 0 saturated carbocycles. The van der Waals surface area contributed by atoms with E-state index < -0.39 is 6.36 Å². The molecule has 0 fully saturated rings. The Morgan fingerprint density at radius 2 is 1.83 bits per heavy atom. The minimum atomic E-state index is -4.76. The summed E-state index contributed by atoms with van der Waals surface area (Å²) in [7, 11) is 0. The highest BCUT2D eigenvalue weighted by Crippen LogP contribution is 2.24. The molecule has 6 nitrogen and oxygen atoms in total. The molecule has 2 aromatic heterocycles. The molecule has 0 atom stereocenters. The number of hydrogen-bond acceptors (Lipinski definition) is 3. The summed E-state index contributed by atoms with van der Waals surface area (Å²) in [5.74, 6) is -0.356. The van der Waals surface area contributed by atoms with E-state index >= 15 is 0 Å². The zero-order chi connectivity index (χ0) is 17.5. The number of hydrogen-bond donors (Lipinski definition) is 2. The van der Waals surface area contributed by atoms with Crippen molar-refractivity contribution in [2.45, 2.75) is 20.2 Å². The number of halogens is 3. The third-order valence-electron chi connectivity index (χ3n) is 3.36. The van der Waals surface area contributed by atoms with Crippen LogP contribution in [-0.4, -0.2) is 26.3 Å². The maximum Gasteiger partial charge on any atom is 0.573 e. The van der Waals surface area contributed by atoms with Crippen molar-refractivity contribution in [3.05, 3.63) is 52.1 Å². The van der Waals surface area contributed by atoms with E-state index in [2.05, 4.69) is 20.0 Å². The molecule has 0 aliphatic heterocycles. The first-order valence-electron chi connectivity index (χ1n) is 6.95. The molecule has 0 radical (unpaired) electrons. The third kappa shape index (κ3) is 3.05. The lowest BCUT2D eigenvalue weighted by Gasteiger charge is -2.09. The van der Waals surface area contributed by atoms with Gasteiger partial charge in [0.1, 0.15) is 5.75 Å². The standard InChI is InChI=1S/C15H13F3N4O2/c1-8-7-12(20-19-8)13-9(2)21-22(14(13)23)10-3-5-11(6-4-10)24-15(16,17)18/h3-7,21H,1-2H3,(H,19,20). The zero-order valence-electron chi connectivity index (χ0n) is 12.7.